The zero-order chi connectivity index (χ0) is 12.6. The van der Waals surface area contributed by atoms with E-state index in [1.807, 2.05) is 0 Å². The smallest absolute Gasteiger partial charge is 0.124 e. The predicted octanol–water partition coefficient (Wildman–Crippen LogP) is 4.18. The van der Waals surface area contributed by atoms with E-state index in [4.69, 9.17) is 11.6 Å². The molecule has 2 atom stereocenters. The van der Waals surface area contributed by atoms with Gasteiger partial charge in [0.1, 0.15) is 5.82 Å². The van der Waals surface area contributed by atoms with Gasteiger partial charge in [-0.1, -0.05) is 31.5 Å². The highest BCUT2D eigenvalue weighted by Crippen LogP contribution is 2.51. The molecule has 0 radical (unpaired) electrons. The van der Waals surface area contributed by atoms with E-state index in [0.29, 0.717) is 10.4 Å². The first-order valence-corrected chi connectivity index (χ1v) is 6.46. The topological polar surface area (TPSA) is 12.0 Å². The van der Waals surface area contributed by atoms with Crippen molar-refractivity contribution in [3.8, 4) is 0 Å². The Labute approximate surface area is 107 Å². The molecule has 0 heterocycles. The third-order valence-electron chi connectivity index (χ3n) is 3.82. The summed E-state index contributed by atoms with van der Waals surface area (Å²) in [5, 5.41) is 3.97. The Balaban J connectivity index is 1.93. The van der Waals surface area contributed by atoms with Crippen LogP contribution in [0.5, 0.6) is 0 Å². The Hall–Kier alpha value is -0.600. The van der Waals surface area contributed by atoms with E-state index in [2.05, 4.69) is 26.1 Å². The summed E-state index contributed by atoms with van der Waals surface area (Å²) in [6.07, 6.45) is 1.28. The van der Waals surface area contributed by atoms with Crippen LogP contribution in [0.25, 0.3) is 0 Å². The molecule has 1 nitrogen and oxygen atoms in total. The van der Waals surface area contributed by atoms with Gasteiger partial charge in [-0.2, -0.15) is 0 Å². The fourth-order valence-electron chi connectivity index (χ4n) is 2.21. The second-order valence-electron chi connectivity index (χ2n) is 5.69. The van der Waals surface area contributed by atoms with E-state index in [1.54, 1.807) is 6.07 Å². The maximum absolute atomic E-state index is 12.9. The van der Waals surface area contributed by atoms with Crippen LogP contribution in [-0.4, -0.2) is 6.54 Å². The van der Waals surface area contributed by atoms with Crippen LogP contribution in [0.15, 0.2) is 18.2 Å². The quantitative estimate of drug-likeness (QED) is 0.851. The zero-order valence-electron chi connectivity index (χ0n) is 10.6. The van der Waals surface area contributed by atoms with Gasteiger partial charge in [-0.05, 0) is 48.9 Å². The van der Waals surface area contributed by atoms with Crippen molar-refractivity contribution in [1.29, 1.82) is 0 Å². The van der Waals surface area contributed by atoms with Gasteiger partial charge in [0.25, 0.3) is 0 Å². The minimum Gasteiger partial charge on any atom is -0.310 e. The first kappa shape index (κ1) is 12.8. The minimum absolute atomic E-state index is 0.166. The number of nitrogens with one attached hydrogen (secondary N) is 1. The Morgan fingerprint density at radius 3 is 2.71 bits per heavy atom. The SMILES string of the molecule is CC(NCC1CC1(C)C)c1ccc(F)cc1Cl. The fourth-order valence-corrected chi connectivity index (χ4v) is 2.54. The Bertz CT molecular complexity index is 417. The third kappa shape index (κ3) is 2.99. The molecule has 0 spiro atoms. The zero-order valence-corrected chi connectivity index (χ0v) is 11.3. The molecule has 17 heavy (non-hydrogen) atoms. The summed E-state index contributed by atoms with van der Waals surface area (Å²) in [6, 6.07) is 4.75. The summed E-state index contributed by atoms with van der Waals surface area (Å²) in [7, 11) is 0. The molecule has 0 amide bonds. The first-order chi connectivity index (χ1) is 7.90. The predicted molar refractivity (Wildman–Crippen MR) is 69.7 cm³/mol. The van der Waals surface area contributed by atoms with Gasteiger partial charge in [-0.15, -0.1) is 0 Å². The first-order valence-electron chi connectivity index (χ1n) is 6.08. The molecule has 2 unspecified atom stereocenters. The molecular weight excluding hydrogens is 237 g/mol. The van der Waals surface area contributed by atoms with Gasteiger partial charge in [0.15, 0.2) is 0 Å². The van der Waals surface area contributed by atoms with Crippen molar-refractivity contribution in [2.24, 2.45) is 11.3 Å². The summed E-state index contributed by atoms with van der Waals surface area (Å²) in [4.78, 5) is 0. The number of rotatable bonds is 4. The molecule has 0 saturated heterocycles. The van der Waals surface area contributed by atoms with Gasteiger partial charge in [0.05, 0.1) is 0 Å². The van der Waals surface area contributed by atoms with Crippen molar-refractivity contribution in [3.63, 3.8) is 0 Å². The summed E-state index contributed by atoms with van der Waals surface area (Å²) in [6.45, 7) is 7.64. The van der Waals surface area contributed by atoms with Crippen molar-refractivity contribution in [2.75, 3.05) is 6.54 Å². The standard InChI is InChI=1S/C14H19ClFN/c1-9(17-8-10-7-14(10,2)3)12-5-4-11(16)6-13(12)15/h4-6,9-10,17H,7-8H2,1-3H3. The molecule has 0 bridgehead atoms. The molecular formula is C14H19ClFN. The van der Waals surface area contributed by atoms with Gasteiger partial charge in [-0.3, -0.25) is 0 Å². The van der Waals surface area contributed by atoms with Gasteiger partial charge < -0.3 is 5.32 Å². The number of benzene rings is 1. The molecule has 0 aromatic heterocycles. The Morgan fingerprint density at radius 1 is 1.53 bits per heavy atom. The van der Waals surface area contributed by atoms with Crippen molar-refractivity contribution in [3.05, 3.63) is 34.6 Å². The lowest BCUT2D eigenvalue weighted by Crippen LogP contribution is -2.22. The summed E-state index contributed by atoms with van der Waals surface area (Å²) in [5.74, 6) is 0.471. The van der Waals surface area contributed by atoms with Crippen molar-refractivity contribution in [1.82, 2.24) is 5.32 Å². The van der Waals surface area contributed by atoms with Crippen LogP contribution in [-0.2, 0) is 0 Å². The monoisotopic (exact) mass is 255 g/mol. The van der Waals surface area contributed by atoms with Crippen LogP contribution in [0.1, 0.15) is 38.8 Å². The van der Waals surface area contributed by atoms with Gasteiger partial charge in [0, 0.05) is 11.1 Å². The lowest BCUT2D eigenvalue weighted by atomic mass is 10.1. The number of halogens is 2. The highest BCUT2D eigenvalue weighted by molar-refractivity contribution is 6.31. The van der Waals surface area contributed by atoms with Gasteiger partial charge in [0.2, 0.25) is 0 Å². The van der Waals surface area contributed by atoms with Crippen LogP contribution in [0.2, 0.25) is 5.02 Å². The van der Waals surface area contributed by atoms with Crippen LogP contribution in [0.4, 0.5) is 4.39 Å². The lowest BCUT2D eigenvalue weighted by molar-refractivity contribution is 0.484. The van der Waals surface area contributed by atoms with Crippen molar-refractivity contribution in [2.45, 2.75) is 33.2 Å². The Kier molecular flexibility index (Phi) is 3.46. The molecule has 3 heteroatoms. The average molecular weight is 256 g/mol. The highest BCUT2D eigenvalue weighted by Gasteiger charge is 2.44. The van der Waals surface area contributed by atoms with Gasteiger partial charge >= 0.3 is 0 Å². The molecule has 1 aromatic rings. The number of hydrogen-bond acceptors (Lipinski definition) is 1. The Morgan fingerprint density at radius 2 is 2.18 bits per heavy atom. The van der Waals surface area contributed by atoms with Crippen LogP contribution in [0, 0.1) is 17.2 Å². The molecule has 1 fully saturated rings. The molecule has 1 aliphatic rings. The molecule has 94 valence electrons. The highest BCUT2D eigenvalue weighted by atomic mass is 35.5. The van der Waals surface area contributed by atoms with E-state index in [-0.39, 0.29) is 11.9 Å². The van der Waals surface area contributed by atoms with Crippen molar-refractivity contribution < 1.29 is 4.39 Å². The molecule has 1 saturated carbocycles. The molecule has 2 rings (SSSR count). The molecule has 1 aliphatic carbocycles. The maximum atomic E-state index is 12.9. The van der Waals surface area contributed by atoms with E-state index in [1.165, 1.54) is 18.6 Å². The largest absolute Gasteiger partial charge is 0.310 e. The van der Waals surface area contributed by atoms with E-state index in [0.717, 1.165) is 18.0 Å². The number of hydrogen-bond donors (Lipinski definition) is 1. The third-order valence-corrected chi connectivity index (χ3v) is 4.14. The van der Waals surface area contributed by atoms with Gasteiger partial charge in [-0.25, -0.2) is 4.39 Å². The minimum atomic E-state index is -0.283. The van der Waals surface area contributed by atoms with Crippen LogP contribution < -0.4 is 5.32 Å². The molecule has 1 aromatic carbocycles. The normalized spacial score (nSPS) is 23.5. The maximum Gasteiger partial charge on any atom is 0.124 e. The average Bonchev–Trinajstić information content (AvgIpc) is 2.83. The molecule has 1 N–H and O–H groups in total. The van der Waals surface area contributed by atoms with E-state index in [9.17, 15) is 4.39 Å². The van der Waals surface area contributed by atoms with E-state index >= 15 is 0 Å². The second-order valence-corrected chi connectivity index (χ2v) is 6.09. The van der Waals surface area contributed by atoms with Crippen LogP contribution >= 0.6 is 11.6 Å². The molecule has 0 aliphatic heterocycles. The summed E-state index contributed by atoms with van der Waals surface area (Å²) < 4.78 is 12.9. The summed E-state index contributed by atoms with van der Waals surface area (Å²) >= 11 is 6.03. The van der Waals surface area contributed by atoms with E-state index < -0.39 is 0 Å². The fraction of sp³-hybridized carbons (Fsp3) is 0.571. The second kappa shape index (κ2) is 4.58. The van der Waals surface area contributed by atoms with Crippen LogP contribution in [0.3, 0.4) is 0 Å². The lowest BCUT2D eigenvalue weighted by Gasteiger charge is -2.16. The summed E-state index contributed by atoms with van der Waals surface area (Å²) in [5.41, 5.74) is 1.45. The van der Waals surface area contributed by atoms with Crippen molar-refractivity contribution >= 4 is 11.6 Å².